The van der Waals surface area contributed by atoms with Gasteiger partial charge in [0.2, 0.25) is 0 Å². The second-order valence-corrected chi connectivity index (χ2v) is 3.78. The van der Waals surface area contributed by atoms with Crippen LogP contribution >= 0.6 is 0 Å². The highest BCUT2D eigenvalue weighted by molar-refractivity contribution is 5.82. The summed E-state index contributed by atoms with van der Waals surface area (Å²) in [6, 6.07) is 3.34. The average molecular weight is 243 g/mol. The molecule has 0 bridgehead atoms. The predicted molar refractivity (Wildman–Crippen MR) is 59.4 cm³/mol. The lowest BCUT2D eigenvalue weighted by Gasteiger charge is -2.28. The number of carbonyl (C=O) groups is 1. The molecule has 0 spiro atoms. The van der Waals surface area contributed by atoms with Crippen LogP contribution in [0.2, 0.25) is 0 Å². The van der Waals surface area contributed by atoms with Crippen LogP contribution in [0.1, 0.15) is 19.4 Å². The maximum Gasteiger partial charge on any atom is 0.330 e. The van der Waals surface area contributed by atoms with E-state index in [1.54, 1.807) is 13.8 Å². The molecule has 1 rings (SSSR count). The van der Waals surface area contributed by atoms with E-state index in [2.05, 4.69) is 10.1 Å². The Morgan fingerprint density at radius 1 is 1.41 bits per heavy atom. The molecule has 1 aromatic rings. The van der Waals surface area contributed by atoms with Crippen molar-refractivity contribution in [2.24, 2.45) is 0 Å². The van der Waals surface area contributed by atoms with Crippen LogP contribution in [-0.4, -0.2) is 19.6 Å². The molecule has 0 aromatic heterocycles. The average Bonchev–Trinajstić information content (AvgIpc) is 2.31. The second kappa shape index (κ2) is 5.23. The predicted octanol–water partition coefficient (Wildman–Crippen LogP) is 1.96. The van der Waals surface area contributed by atoms with Gasteiger partial charge in [0.1, 0.15) is 5.54 Å². The van der Waals surface area contributed by atoms with E-state index in [9.17, 15) is 13.6 Å². The van der Waals surface area contributed by atoms with Gasteiger partial charge in [0.05, 0.1) is 7.11 Å². The summed E-state index contributed by atoms with van der Waals surface area (Å²) < 4.78 is 30.7. The topological polar surface area (TPSA) is 38.3 Å². The van der Waals surface area contributed by atoms with Crippen molar-refractivity contribution < 1.29 is 18.3 Å². The summed E-state index contributed by atoms with van der Waals surface area (Å²) in [5, 5.41) is 2.91. The third kappa shape index (κ3) is 2.61. The third-order valence-electron chi connectivity index (χ3n) is 2.62. The molecule has 94 valence electrons. The first-order valence-electron chi connectivity index (χ1n) is 5.24. The van der Waals surface area contributed by atoms with Crippen LogP contribution < -0.4 is 5.32 Å². The van der Waals surface area contributed by atoms with Gasteiger partial charge < -0.3 is 4.74 Å². The molecule has 1 unspecified atom stereocenters. The highest BCUT2D eigenvalue weighted by atomic mass is 19.2. The molecule has 0 amide bonds. The second-order valence-electron chi connectivity index (χ2n) is 3.78. The van der Waals surface area contributed by atoms with Crippen LogP contribution in [0.25, 0.3) is 0 Å². The molecular weight excluding hydrogens is 228 g/mol. The van der Waals surface area contributed by atoms with Crippen LogP contribution in [0.3, 0.4) is 0 Å². The van der Waals surface area contributed by atoms with Gasteiger partial charge in [-0.15, -0.1) is 0 Å². The molecule has 0 aliphatic heterocycles. The van der Waals surface area contributed by atoms with Crippen LogP contribution in [0.15, 0.2) is 18.2 Å². The van der Waals surface area contributed by atoms with Gasteiger partial charge in [0.15, 0.2) is 11.6 Å². The van der Waals surface area contributed by atoms with Crippen molar-refractivity contribution >= 4 is 5.97 Å². The van der Waals surface area contributed by atoms with E-state index in [1.807, 2.05) is 0 Å². The molecule has 0 saturated carbocycles. The maximum absolute atomic E-state index is 13.2. The smallest absolute Gasteiger partial charge is 0.330 e. The van der Waals surface area contributed by atoms with Crippen molar-refractivity contribution in [2.75, 3.05) is 13.7 Å². The quantitative estimate of drug-likeness (QED) is 0.821. The summed E-state index contributed by atoms with van der Waals surface area (Å²) in [7, 11) is 1.25. The zero-order valence-corrected chi connectivity index (χ0v) is 10.0. The lowest BCUT2D eigenvalue weighted by molar-refractivity contribution is -0.148. The highest BCUT2D eigenvalue weighted by Crippen LogP contribution is 2.24. The van der Waals surface area contributed by atoms with Crippen molar-refractivity contribution in [3.8, 4) is 0 Å². The van der Waals surface area contributed by atoms with Gasteiger partial charge in [0, 0.05) is 0 Å². The molecule has 5 heteroatoms. The molecule has 17 heavy (non-hydrogen) atoms. The normalized spacial score (nSPS) is 14.2. The molecule has 0 heterocycles. The van der Waals surface area contributed by atoms with Crippen molar-refractivity contribution in [2.45, 2.75) is 19.4 Å². The molecule has 1 aromatic carbocycles. The van der Waals surface area contributed by atoms with E-state index in [0.717, 1.165) is 12.1 Å². The summed E-state index contributed by atoms with van der Waals surface area (Å²) in [5.74, 6) is -2.49. The minimum atomic E-state index is -1.18. The van der Waals surface area contributed by atoms with Crippen LogP contribution in [0.5, 0.6) is 0 Å². The number of methoxy groups -OCH3 is 1. The minimum absolute atomic E-state index is 0.324. The van der Waals surface area contributed by atoms with Crippen LogP contribution in [-0.2, 0) is 15.1 Å². The zero-order valence-electron chi connectivity index (χ0n) is 10.0. The zero-order chi connectivity index (χ0) is 13.1. The largest absolute Gasteiger partial charge is 0.467 e. The SMILES string of the molecule is CCNC(C)(C(=O)OC)c1ccc(F)c(F)c1. The van der Waals surface area contributed by atoms with E-state index in [1.165, 1.54) is 13.2 Å². The Balaban J connectivity index is 3.22. The summed E-state index contributed by atoms with van der Waals surface area (Å²) >= 11 is 0. The molecule has 0 aliphatic carbocycles. The number of nitrogens with one attached hydrogen (secondary N) is 1. The molecule has 0 fully saturated rings. The lowest BCUT2D eigenvalue weighted by Crippen LogP contribution is -2.47. The number of likely N-dealkylation sites (N-methyl/N-ethyl adjacent to an activating group) is 1. The summed E-state index contributed by atoms with van der Waals surface area (Å²) in [5.41, 5.74) is -0.858. The standard InChI is InChI=1S/C12H15F2NO2/c1-4-15-12(2,11(16)17-3)8-5-6-9(13)10(14)7-8/h5-7,15H,4H2,1-3H3. The Labute approximate surface area is 98.8 Å². The van der Waals surface area contributed by atoms with Gasteiger partial charge >= 0.3 is 5.97 Å². The number of benzene rings is 1. The molecule has 1 N–H and O–H groups in total. The molecule has 1 atom stereocenters. The van der Waals surface area contributed by atoms with Gasteiger partial charge in [-0.2, -0.15) is 0 Å². The Morgan fingerprint density at radius 2 is 2.06 bits per heavy atom. The Kier molecular flexibility index (Phi) is 4.17. The minimum Gasteiger partial charge on any atom is -0.467 e. The number of esters is 1. The monoisotopic (exact) mass is 243 g/mol. The fourth-order valence-electron chi connectivity index (χ4n) is 1.66. The van der Waals surface area contributed by atoms with Gasteiger partial charge in [-0.3, -0.25) is 5.32 Å². The Bertz CT molecular complexity index is 423. The van der Waals surface area contributed by atoms with Gasteiger partial charge in [-0.05, 0) is 31.2 Å². The first-order chi connectivity index (χ1) is 7.95. The highest BCUT2D eigenvalue weighted by Gasteiger charge is 2.36. The fraction of sp³-hybridized carbons (Fsp3) is 0.417. The molecule has 0 radical (unpaired) electrons. The number of rotatable bonds is 4. The van der Waals surface area contributed by atoms with E-state index in [0.29, 0.717) is 12.1 Å². The third-order valence-corrected chi connectivity index (χ3v) is 2.62. The number of hydrogen-bond acceptors (Lipinski definition) is 3. The number of carbonyl (C=O) groups excluding carboxylic acids is 1. The summed E-state index contributed by atoms with van der Waals surface area (Å²) in [4.78, 5) is 11.7. The fourth-order valence-corrected chi connectivity index (χ4v) is 1.66. The van der Waals surface area contributed by atoms with E-state index in [4.69, 9.17) is 0 Å². The van der Waals surface area contributed by atoms with Crippen molar-refractivity contribution in [1.29, 1.82) is 0 Å². The first-order valence-corrected chi connectivity index (χ1v) is 5.24. The van der Waals surface area contributed by atoms with Crippen LogP contribution in [0, 0.1) is 11.6 Å². The lowest BCUT2D eigenvalue weighted by atomic mass is 9.92. The van der Waals surface area contributed by atoms with Crippen molar-refractivity contribution in [1.82, 2.24) is 5.32 Å². The number of halogens is 2. The van der Waals surface area contributed by atoms with Crippen molar-refractivity contribution in [3.63, 3.8) is 0 Å². The van der Waals surface area contributed by atoms with E-state index >= 15 is 0 Å². The molecule has 0 aliphatic rings. The number of hydrogen-bond donors (Lipinski definition) is 1. The van der Waals surface area contributed by atoms with Gasteiger partial charge in [-0.1, -0.05) is 13.0 Å². The first kappa shape index (κ1) is 13.6. The summed E-state index contributed by atoms with van der Waals surface area (Å²) in [6.45, 7) is 3.86. The number of ether oxygens (including phenoxy) is 1. The molecule has 3 nitrogen and oxygen atoms in total. The van der Waals surface area contributed by atoms with Gasteiger partial charge in [0.25, 0.3) is 0 Å². The molecule has 0 saturated heterocycles. The van der Waals surface area contributed by atoms with Crippen LogP contribution in [0.4, 0.5) is 8.78 Å². The summed E-state index contributed by atoms with van der Waals surface area (Å²) in [6.07, 6.45) is 0. The Morgan fingerprint density at radius 3 is 2.53 bits per heavy atom. The van der Waals surface area contributed by atoms with E-state index < -0.39 is 23.1 Å². The van der Waals surface area contributed by atoms with Crippen molar-refractivity contribution in [3.05, 3.63) is 35.4 Å². The molecular formula is C12H15F2NO2. The van der Waals surface area contributed by atoms with Gasteiger partial charge in [-0.25, -0.2) is 13.6 Å². The van der Waals surface area contributed by atoms with E-state index in [-0.39, 0.29) is 0 Å². The Hall–Kier alpha value is -1.49. The maximum atomic E-state index is 13.2.